The summed E-state index contributed by atoms with van der Waals surface area (Å²) in [7, 11) is -3.58. The first-order valence-electron chi connectivity index (χ1n) is 12.8. The van der Waals surface area contributed by atoms with Crippen LogP contribution in [0.5, 0.6) is 5.88 Å². The summed E-state index contributed by atoms with van der Waals surface area (Å²) < 4.78 is 32.5. The highest BCUT2D eigenvalue weighted by molar-refractivity contribution is 7.89. The van der Waals surface area contributed by atoms with E-state index in [2.05, 4.69) is 15.3 Å². The van der Waals surface area contributed by atoms with Crippen LogP contribution in [-0.4, -0.2) is 54.2 Å². The standard InChI is InChI=1S/C26H33N5O5S2/c1-3-31(4-2)38(34,35)19-11-9-18(10-12-19)20(15-17-7-5-6-8-17)24(33)30-26-28-21-13-14-23(29-25(21)37-26)36-16-22(27)32/h9-14,17,20H,3-8,15-16H2,1-2H3,(H2,27,32)(H,28,30,33). The zero-order chi connectivity index (χ0) is 27.3. The summed E-state index contributed by atoms with van der Waals surface area (Å²) in [6.07, 6.45) is 5.16. The van der Waals surface area contributed by atoms with Gasteiger partial charge in [-0.3, -0.25) is 9.59 Å². The number of pyridine rings is 1. The number of aromatic nitrogens is 2. The van der Waals surface area contributed by atoms with E-state index in [4.69, 9.17) is 10.5 Å². The minimum Gasteiger partial charge on any atom is -0.468 e. The van der Waals surface area contributed by atoms with Crippen LogP contribution in [0.4, 0.5) is 5.13 Å². The first-order chi connectivity index (χ1) is 18.2. The minimum atomic E-state index is -3.58. The molecule has 2 heterocycles. The lowest BCUT2D eigenvalue weighted by molar-refractivity contribution is -0.120. The molecule has 12 heteroatoms. The molecule has 2 aromatic heterocycles. The molecular weight excluding hydrogens is 526 g/mol. The summed E-state index contributed by atoms with van der Waals surface area (Å²) in [6.45, 7) is 4.12. The number of hydrogen-bond acceptors (Lipinski definition) is 8. The van der Waals surface area contributed by atoms with Gasteiger partial charge in [0.2, 0.25) is 21.8 Å². The fourth-order valence-electron chi connectivity index (χ4n) is 4.83. The van der Waals surface area contributed by atoms with Crippen molar-refractivity contribution >= 4 is 48.7 Å². The SMILES string of the molecule is CCN(CC)S(=O)(=O)c1ccc(C(CC2CCCC2)C(=O)Nc2nc3ccc(OCC(N)=O)nc3s2)cc1. The van der Waals surface area contributed by atoms with Gasteiger partial charge in [-0.15, -0.1) is 0 Å². The second kappa shape index (κ2) is 12.2. The van der Waals surface area contributed by atoms with E-state index in [1.165, 1.54) is 15.6 Å². The molecule has 0 bridgehead atoms. The van der Waals surface area contributed by atoms with Gasteiger partial charge in [0, 0.05) is 19.2 Å². The summed E-state index contributed by atoms with van der Waals surface area (Å²) in [5.41, 5.74) is 6.49. The number of carbonyl (C=O) groups excluding carboxylic acids is 2. The number of sulfonamides is 1. The van der Waals surface area contributed by atoms with Crippen molar-refractivity contribution in [2.24, 2.45) is 11.7 Å². The number of nitrogens with one attached hydrogen (secondary N) is 1. The van der Waals surface area contributed by atoms with Crippen LogP contribution in [0.3, 0.4) is 0 Å². The third-order valence-electron chi connectivity index (χ3n) is 6.81. The number of anilines is 1. The van der Waals surface area contributed by atoms with E-state index in [0.717, 1.165) is 31.2 Å². The molecule has 1 aromatic carbocycles. The molecule has 1 unspecified atom stereocenters. The maximum Gasteiger partial charge on any atom is 0.255 e. The third-order valence-corrected chi connectivity index (χ3v) is 9.75. The average molecular weight is 560 g/mol. The second-order valence-corrected chi connectivity index (χ2v) is 12.2. The van der Waals surface area contributed by atoms with Gasteiger partial charge in [-0.2, -0.15) is 4.31 Å². The Kier molecular flexibility index (Phi) is 8.95. The zero-order valence-corrected chi connectivity index (χ0v) is 23.2. The van der Waals surface area contributed by atoms with Gasteiger partial charge in [0.05, 0.1) is 10.8 Å². The fourth-order valence-corrected chi connectivity index (χ4v) is 7.12. The molecular formula is C26H33N5O5S2. The van der Waals surface area contributed by atoms with Crippen LogP contribution in [0.25, 0.3) is 10.3 Å². The van der Waals surface area contributed by atoms with Gasteiger partial charge in [0.25, 0.3) is 5.91 Å². The number of amides is 2. The van der Waals surface area contributed by atoms with Crippen LogP contribution in [0.2, 0.25) is 0 Å². The van der Waals surface area contributed by atoms with Gasteiger partial charge in [0.1, 0.15) is 10.3 Å². The third kappa shape index (κ3) is 6.48. The summed E-state index contributed by atoms with van der Waals surface area (Å²) in [4.78, 5) is 34.1. The van der Waals surface area contributed by atoms with Crippen molar-refractivity contribution in [1.29, 1.82) is 0 Å². The largest absolute Gasteiger partial charge is 0.468 e. The Bertz CT molecular complexity index is 1380. The fraction of sp³-hybridized carbons (Fsp3) is 0.462. The second-order valence-electron chi connectivity index (χ2n) is 9.33. The molecule has 1 saturated carbocycles. The van der Waals surface area contributed by atoms with Crippen molar-refractivity contribution in [1.82, 2.24) is 14.3 Å². The van der Waals surface area contributed by atoms with Crippen molar-refractivity contribution in [2.45, 2.75) is 56.8 Å². The first kappa shape index (κ1) is 27.9. The number of nitrogens with zero attached hydrogens (tertiary/aromatic N) is 3. The highest BCUT2D eigenvalue weighted by Gasteiger charge is 2.28. The maximum absolute atomic E-state index is 13.5. The molecule has 0 saturated heterocycles. The Morgan fingerprint density at radius 3 is 2.42 bits per heavy atom. The van der Waals surface area contributed by atoms with Crippen molar-refractivity contribution in [2.75, 3.05) is 25.0 Å². The molecule has 204 valence electrons. The van der Waals surface area contributed by atoms with Crippen LogP contribution in [0.15, 0.2) is 41.3 Å². The number of benzene rings is 1. The summed E-state index contributed by atoms with van der Waals surface area (Å²) in [6, 6.07) is 9.97. The van der Waals surface area contributed by atoms with Gasteiger partial charge in [0.15, 0.2) is 11.7 Å². The van der Waals surface area contributed by atoms with Crippen LogP contribution < -0.4 is 15.8 Å². The lowest BCUT2D eigenvalue weighted by Crippen LogP contribution is -2.30. The molecule has 1 atom stereocenters. The molecule has 0 radical (unpaired) electrons. The number of hydrogen-bond donors (Lipinski definition) is 2. The Morgan fingerprint density at radius 2 is 1.79 bits per heavy atom. The highest BCUT2D eigenvalue weighted by atomic mass is 32.2. The molecule has 4 rings (SSSR count). The minimum absolute atomic E-state index is 0.194. The highest BCUT2D eigenvalue weighted by Crippen LogP contribution is 2.36. The van der Waals surface area contributed by atoms with Crippen LogP contribution in [-0.2, 0) is 19.6 Å². The molecule has 3 N–H and O–H groups in total. The molecule has 10 nitrogen and oxygen atoms in total. The monoisotopic (exact) mass is 559 g/mol. The summed E-state index contributed by atoms with van der Waals surface area (Å²) in [5.74, 6) is -0.557. The van der Waals surface area contributed by atoms with Gasteiger partial charge in [-0.25, -0.2) is 18.4 Å². The lowest BCUT2D eigenvalue weighted by atomic mass is 9.87. The predicted octanol–water partition coefficient (Wildman–Crippen LogP) is 3.89. The molecule has 3 aromatic rings. The molecule has 0 spiro atoms. The van der Waals surface area contributed by atoms with Crippen molar-refractivity contribution in [3.05, 3.63) is 42.0 Å². The molecule has 38 heavy (non-hydrogen) atoms. The lowest BCUT2D eigenvalue weighted by Gasteiger charge is -2.21. The Labute approximate surface area is 226 Å². The van der Waals surface area contributed by atoms with Crippen LogP contribution in [0, 0.1) is 5.92 Å². The van der Waals surface area contributed by atoms with E-state index >= 15 is 0 Å². The number of primary amides is 1. The van der Waals surface area contributed by atoms with E-state index < -0.39 is 21.8 Å². The quantitative estimate of drug-likeness (QED) is 0.342. The van der Waals surface area contributed by atoms with E-state index in [9.17, 15) is 18.0 Å². The molecule has 0 aliphatic heterocycles. The number of thiazole rings is 1. The normalized spacial score (nSPS) is 15.1. The van der Waals surface area contributed by atoms with E-state index in [-0.39, 0.29) is 23.3 Å². The van der Waals surface area contributed by atoms with Gasteiger partial charge < -0.3 is 15.8 Å². The van der Waals surface area contributed by atoms with Crippen LogP contribution in [0.1, 0.15) is 57.4 Å². The predicted molar refractivity (Wildman–Crippen MR) is 147 cm³/mol. The summed E-state index contributed by atoms with van der Waals surface area (Å²) >= 11 is 1.21. The smallest absolute Gasteiger partial charge is 0.255 e. The Balaban J connectivity index is 1.55. The number of nitrogens with two attached hydrogens (primary N) is 1. The number of carbonyl (C=O) groups is 2. The van der Waals surface area contributed by atoms with E-state index in [1.54, 1.807) is 36.4 Å². The topological polar surface area (TPSA) is 145 Å². The molecule has 1 fully saturated rings. The van der Waals surface area contributed by atoms with E-state index in [1.807, 2.05) is 13.8 Å². The Morgan fingerprint density at radius 1 is 1.11 bits per heavy atom. The molecule has 2 amide bonds. The van der Waals surface area contributed by atoms with Crippen molar-refractivity contribution in [3.63, 3.8) is 0 Å². The van der Waals surface area contributed by atoms with Crippen molar-refractivity contribution < 1.29 is 22.7 Å². The van der Waals surface area contributed by atoms with Gasteiger partial charge >= 0.3 is 0 Å². The zero-order valence-electron chi connectivity index (χ0n) is 21.6. The Hall–Kier alpha value is -3.09. The van der Waals surface area contributed by atoms with Gasteiger partial charge in [-0.05, 0) is 36.1 Å². The van der Waals surface area contributed by atoms with Gasteiger partial charge in [-0.1, -0.05) is 63.0 Å². The molecule has 1 aliphatic carbocycles. The maximum atomic E-state index is 13.5. The van der Waals surface area contributed by atoms with E-state index in [0.29, 0.717) is 40.9 Å². The van der Waals surface area contributed by atoms with Crippen LogP contribution >= 0.6 is 11.3 Å². The average Bonchev–Trinajstić information content (AvgIpc) is 3.55. The number of fused-ring (bicyclic) bond motifs is 1. The molecule has 1 aliphatic rings. The number of ether oxygens (including phenoxy) is 1. The summed E-state index contributed by atoms with van der Waals surface area (Å²) in [5, 5.41) is 3.35. The first-order valence-corrected chi connectivity index (χ1v) is 15.1. The number of rotatable bonds is 12. The van der Waals surface area contributed by atoms with Crippen molar-refractivity contribution in [3.8, 4) is 5.88 Å².